The quantitative estimate of drug-likeness (QED) is 0.622. The molecule has 0 saturated carbocycles. The van der Waals surface area contributed by atoms with Crippen LogP contribution in [0.1, 0.15) is 34.6 Å². The molecule has 78 valence electrons. The molecule has 0 N–H and O–H groups in total. The zero-order chi connectivity index (χ0) is 10.5. The molecule has 0 rings (SSSR count). The third-order valence-corrected chi connectivity index (χ3v) is 1.53. The third-order valence-electron chi connectivity index (χ3n) is 1.53. The van der Waals surface area contributed by atoms with Crippen LogP contribution in [-0.4, -0.2) is 25.2 Å². The van der Waals surface area contributed by atoms with Gasteiger partial charge in [0, 0.05) is 13.7 Å². The van der Waals surface area contributed by atoms with E-state index in [0.29, 0.717) is 6.61 Å². The van der Waals surface area contributed by atoms with Crippen molar-refractivity contribution in [2.75, 3.05) is 13.7 Å². The minimum Gasteiger partial charge on any atom is -0.356 e. The van der Waals surface area contributed by atoms with Gasteiger partial charge in [-0.05, 0) is 34.6 Å². The van der Waals surface area contributed by atoms with Crippen LogP contribution >= 0.6 is 0 Å². The molecule has 0 aliphatic heterocycles. The average molecular weight is 188 g/mol. The van der Waals surface area contributed by atoms with E-state index in [1.165, 1.54) is 0 Å². The van der Waals surface area contributed by atoms with Crippen molar-refractivity contribution in [2.24, 2.45) is 10.2 Å². The van der Waals surface area contributed by atoms with Gasteiger partial charge in [-0.25, -0.2) is 0 Å². The Bertz CT molecular complexity index is 176. The van der Waals surface area contributed by atoms with Gasteiger partial charge in [0.15, 0.2) is 11.4 Å². The molecule has 0 saturated heterocycles. The van der Waals surface area contributed by atoms with E-state index in [2.05, 4.69) is 10.2 Å². The predicted octanol–water partition coefficient (Wildman–Crippen LogP) is 2.59. The summed E-state index contributed by atoms with van der Waals surface area (Å²) in [6.07, 6.45) is 0. The van der Waals surface area contributed by atoms with E-state index in [9.17, 15) is 0 Å². The van der Waals surface area contributed by atoms with E-state index in [-0.39, 0.29) is 0 Å². The summed E-state index contributed by atoms with van der Waals surface area (Å²) in [6.45, 7) is 9.98. The molecule has 13 heavy (non-hydrogen) atoms. The second-order valence-electron chi connectivity index (χ2n) is 3.73. The smallest absolute Gasteiger partial charge is 0.173 e. The first-order chi connectivity index (χ1) is 5.83. The lowest BCUT2D eigenvalue weighted by Crippen LogP contribution is -2.24. The molecule has 4 nitrogen and oxygen atoms in total. The first-order valence-electron chi connectivity index (χ1n) is 4.46. The van der Waals surface area contributed by atoms with Crippen LogP contribution in [0.25, 0.3) is 0 Å². The van der Waals surface area contributed by atoms with Crippen LogP contribution in [0, 0.1) is 0 Å². The molecule has 0 aliphatic rings. The molecule has 0 bridgehead atoms. The Morgan fingerprint density at radius 1 is 1.00 bits per heavy atom. The van der Waals surface area contributed by atoms with Crippen molar-refractivity contribution in [3.05, 3.63) is 0 Å². The van der Waals surface area contributed by atoms with E-state index in [1.807, 2.05) is 34.6 Å². The topological polar surface area (TPSA) is 43.2 Å². The maximum atomic E-state index is 5.35. The Balaban J connectivity index is 4.24. The van der Waals surface area contributed by atoms with Crippen LogP contribution in [0.2, 0.25) is 0 Å². The van der Waals surface area contributed by atoms with Crippen molar-refractivity contribution in [3.63, 3.8) is 0 Å². The van der Waals surface area contributed by atoms with E-state index >= 15 is 0 Å². The number of azo groups is 1. The second-order valence-corrected chi connectivity index (χ2v) is 3.73. The lowest BCUT2D eigenvalue weighted by Gasteiger charge is -2.21. The van der Waals surface area contributed by atoms with Crippen LogP contribution in [0.15, 0.2) is 10.2 Å². The Hall–Kier alpha value is -0.480. The zero-order valence-corrected chi connectivity index (χ0v) is 9.42. The fourth-order valence-electron chi connectivity index (χ4n) is 0.664. The van der Waals surface area contributed by atoms with Gasteiger partial charge in [-0.2, -0.15) is 10.2 Å². The highest BCUT2D eigenvalue weighted by atomic mass is 16.5. The van der Waals surface area contributed by atoms with Crippen molar-refractivity contribution in [1.82, 2.24) is 0 Å². The number of hydrogen-bond acceptors (Lipinski definition) is 4. The summed E-state index contributed by atoms with van der Waals surface area (Å²) in [6, 6.07) is 0. The van der Waals surface area contributed by atoms with E-state index < -0.39 is 11.4 Å². The van der Waals surface area contributed by atoms with Gasteiger partial charge in [0.2, 0.25) is 0 Å². The molecule has 0 fully saturated rings. The van der Waals surface area contributed by atoms with Gasteiger partial charge in [-0.3, -0.25) is 0 Å². The van der Waals surface area contributed by atoms with Gasteiger partial charge in [0.1, 0.15) is 0 Å². The summed E-state index contributed by atoms with van der Waals surface area (Å²) in [5, 5.41) is 8.11. The van der Waals surface area contributed by atoms with Crippen molar-refractivity contribution in [3.8, 4) is 0 Å². The predicted molar refractivity (Wildman–Crippen MR) is 51.6 cm³/mol. The SMILES string of the molecule is CCOC(C)(C)N=NC(C)(C)OC. The minimum absolute atomic E-state index is 0.565. The highest BCUT2D eigenvalue weighted by Crippen LogP contribution is 2.16. The second kappa shape index (κ2) is 4.67. The molecule has 0 unspecified atom stereocenters. The molecule has 0 aromatic heterocycles. The van der Waals surface area contributed by atoms with Crippen molar-refractivity contribution < 1.29 is 9.47 Å². The molecule has 0 aliphatic carbocycles. The van der Waals surface area contributed by atoms with Crippen LogP contribution in [0.4, 0.5) is 0 Å². The summed E-state index contributed by atoms with van der Waals surface area (Å²) in [5.41, 5.74) is -1.14. The number of nitrogens with zero attached hydrogens (tertiary/aromatic N) is 2. The fraction of sp³-hybridized carbons (Fsp3) is 1.00. The van der Waals surface area contributed by atoms with Crippen molar-refractivity contribution >= 4 is 0 Å². The van der Waals surface area contributed by atoms with Gasteiger partial charge in [0.25, 0.3) is 0 Å². The average Bonchev–Trinajstić information content (AvgIpc) is 2.02. The maximum absolute atomic E-state index is 5.35. The van der Waals surface area contributed by atoms with Crippen LogP contribution < -0.4 is 0 Å². The largest absolute Gasteiger partial charge is 0.356 e. The molecular formula is C9H20N2O2. The first kappa shape index (κ1) is 12.5. The number of hydrogen-bond donors (Lipinski definition) is 0. The summed E-state index contributed by atoms with van der Waals surface area (Å²) >= 11 is 0. The summed E-state index contributed by atoms with van der Waals surface area (Å²) in [5.74, 6) is 0. The minimum atomic E-state index is -0.575. The maximum Gasteiger partial charge on any atom is 0.173 e. The van der Waals surface area contributed by atoms with Gasteiger partial charge in [-0.15, -0.1) is 0 Å². The molecule has 0 aromatic carbocycles. The Labute approximate surface area is 80.3 Å². The lowest BCUT2D eigenvalue weighted by atomic mass is 10.3. The molecule has 0 amide bonds. The van der Waals surface area contributed by atoms with Gasteiger partial charge in [-0.1, -0.05) is 0 Å². The Morgan fingerprint density at radius 3 is 1.85 bits per heavy atom. The first-order valence-corrected chi connectivity index (χ1v) is 4.46. The molecule has 4 heteroatoms. The van der Waals surface area contributed by atoms with E-state index in [0.717, 1.165) is 0 Å². The molecule has 0 radical (unpaired) electrons. The van der Waals surface area contributed by atoms with Gasteiger partial charge in [0.05, 0.1) is 0 Å². The summed E-state index contributed by atoms with van der Waals surface area (Å²) in [4.78, 5) is 0. The van der Waals surface area contributed by atoms with E-state index in [1.54, 1.807) is 7.11 Å². The zero-order valence-electron chi connectivity index (χ0n) is 9.42. The standard InChI is InChI=1S/C9H20N2O2/c1-7-13-9(4,5)11-10-8(2,3)12-6/h7H2,1-6H3. The van der Waals surface area contributed by atoms with E-state index in [4.69, 9.17) is 9.47 Å². The summed E-state index contributed by atoms with van der Waals surface area (Å²) < 4.78 is 10.4. The number of rotatable bonds is 5. The number of ether oxygens (including phenoxy) is 2. The summed E-state index contributed by atoms with van der Waals surface area (Å²) in [7, 11) is 1.60. The molecule has 0 atom stereocenters. The molecule has 0 heterocycles. The van der Waals surface area contributed by atoms with Crippen molar-refractivity contribution in [2.45, 2.75) is 46.1 Å². The van der Waals surface area contributed by atoms with Crippen LogP contribution in [-0.2, 0) is 9.47 Å². The highest BCUT2D eigenvalue weighted by molar-refractivity contribution is 4.66. The van der Waals surface area contributed by atoms with Gasteiger partial charge >= 0.3 is 0 Å². The fourth-order valence-corrected chi connectivity index (χ4v) is 0.664. The van der Waals surface area contributed by atoms with Gasteiger partial charge < -0.3 is 9.47 Å². The highest BCUT2D eigenvalue weighted by Gasteiger charge is 2.20. The normalized spacial score (nSPS) is 14.0. The lowest BCUT2D eigenvalue weighted by molar-refractivity contribution is -0.0269. The van der Waals surface area contributed by atoms with Crippen molar-refractivity contribution in [1.29, 1.82) is 0 Å². The number of methoxy groups -OCH3 is 1. The van der Waals surface area contributed by atoms with Crippen LogP contribution in [0.3, 0.4) is 0 Å². The Kier molecular flexibility index (Phi) is 4.50. The molecule has 0 aromatic rings. The molecule has 0 spiro atoms. The monoisotopic (exact) mass is 188 g/mol. The third kappa shape index (κ3) is 5.71. The molecular weight excluding hydrogens is 168 g/mol. The Morgan fingerprint density at radius 2 is 1.46 bits per heavy atom. The van der Waals surface area contributed by atoms with Crippen LogP contribution in [0.5, 0.6) is 0 Å².